The predicted molar refractivity (Wildman–Crippen MR) is 69.5 cm³/mol. The van der Waals surface area contributed by atoms with Crippen LogP contribution in [0.1, 0.15) is 46.0 Å². The van der Waals surface area contributed by atoms with E-state index < -0.39 is 17.4 Å². The maximum Gasteiger partial charge on any atom is 0.309 e. The van der Waals surface area contributed by atoms with Crippen molar-refractivity contribution < 1.29 is 29.3 Å². The smallest absolute Gasteiger partial charge is 0.309 e. The highest BCUT2D eigenvalue weighted by atomic mass is 16.6. The van der Waals surface area contributed by atoms with E-state index in [4.69, 9.17) is 14.6 Å². The molecule has 0 bridgehead atoms. The molecule has 2 N–H and O–H groups in total. The third kappa shape index (κ3) is 3.70. The first kappa shape index (κ1) is 15.3. The fourth-order valence-corrected chi connectivity index (χ4v) is 2.81. The molecule has 2 aliphatic heterocycles. The Morgan fingerprint density at radius 3 is 1.80 bits per heavy atom. The molecule has 0 radical (unpaired) electrons. The van der Waals surface area contributed by atoms with E-state index in [1.165, 1.54) is 0 Å². The number of aliphatic carboxylic acids is 2. The number of carboxylic acids is 2. The highest BCUT2D eigenvalue weighted by Crippen LogP contribution is 2.45. The van der Waals surface area contributed by atoms with Crippen LogP contribution in [-0.2, 0) is 19.1 Å². The normalized spacial score (nSPS) is 34.3. The second-order valence-corrected chi connectivity index (χ2v) is 6.00. The van der Waals surface area contributed by atoms with Gasteiger partial charge in [-0.2, -0.15) is 0 Å². The highest BCUT2D eigenvalue weighted by molar-refractivity contribution is 5.75. The molecule has 0 aliphatic carbocycles. The van der Waals surface area contributed by atoms with Crippen LogP contribution in [0.4, 0.5) is 0 Å². The van der Waals surface area contributed by atoms with E-state index in [-0.39, 0.29) is 30.8 Å². The number of epoxide rings is 2. The number of hydrogen-bond acceptors (Lipinski definition) is 4. The maximum absolute atomic E-state index is 11.8. The average molecular weight is 286 g/mol. The summed E-state index contributed by atoms with van der Waals surface area (Å²) in [5, 5.41) is 18.4. The lowest BCUT2D eigenvalue weighted by Crippen LogP contribution is -2.35. The van der Waals surface area contributed by atoms with Gasteiger partial charge in [-0.1, -0.05) is 0 Å². The number of hydrogen-bond donors (Lipinski definition) is 2. The van der Waals surface area contributed by atoms with Crippen molar-refractivity contribution >= 4 is 11.9 Å². The van der Waals surface area contributed by atoms with Crippen LogP contribution in [0, 0.1) is 5.41 Å². The summed E-state index contributed by atoms with van der Waals surface area (Å²) < 4.78 is 10.7. The zero-order valence-electron chi connectivity index (χ0n) is 11.9. The molecule has 0 spiro atoms. The van der Waals surface area contributed by atoms with E-state index in [1.54, 1.807) is 0 Å². The lowest BCUT2D eigenvalue weighted by atomic mass is 9.74. The molecule has 2 saturated heterocycles. The summed E-state index contributed by atoms with van der Waals surface area (Å²) >= 11 is 0. The molecular weight excluding hydrogens is 264 g/mol. The minimum Gasteiger partial charge on any atom is -0.481 e. The Bertz CT molecular complexity index is 375. The van der Waals surface area contributed by atoms with Gasteiger partial charge in [0.1, 0.15) is 0 Å². The SMILES string of the molecule is CC1OC1CC(CCCC(=O)O)(CC1OC1C)C(=O)O. The minimum atomic E-state index is -0.930. The number of rotatable bonds is 9. The first-order valence-electron chi connectivity index (χ1n) is 7.10. The van der Waals surface area contributed by atoms with Gasteiger partial charge in [-0.3, -0.25) is 9.59 Å². The fraction of sp³-hybridized carbons (Fsp3) is 0.857. The van der Waals surface area contributed by atoms with Gasteiger partial charge in [0.05, 0.1) is 29.8 Å². The molecule has 0 aromatic heterocycles. The van der Waals surface area contributed by atoms with Crippen LogP contribution in [0.3, 0.4) is 0 Å². The Hall–Kier alpha value is -1.14. The summed E-state index contributed by atoms with van der Waals surface area (Å²) in [5.41, 5.74) is -0.930. The predicted octanol–water partition coefficient (Wildman–Crippen LogP) is 1.67. The molecule has 114 valence electrons. The third-order valence-corrected chi connectivity index (χ3v) is 4.36. The van der Waals surface area contributed by atoms with Crippen molar-refractivity contribution in [1.82, 2.24) is 0 Å². The quantitative estimate of drug-likeness (QED) is 0.625. The van der Waals surface area contributed by atoms with Gasteiger partial charge in [0.2, 0.25) is 0 Å². The highest BCUT2D eigenvalue weighted by Gasteiger charge is 2.51. The van der Waals surface area contributed by atoms with Crippen LogP contribution in [0.15, 0.2) is 0 Å². The van der Waals surface area contributed by atoms with E-state index in [0.717, 1.165) is 0 Å². The standard InChI is InChI=1S/C14H22O6/c1-8-10(19-8)6-14(13(17)18,5-3-4-12(15)16)7-11-9(2)20-11/h8-11H,3-7H2,1-2H3,(H,15,16)(H,17,18). The van der Waals surface area contributed by atoms with Crippen molar-refractivity contribution in [2.45, 2.75) is 70.4 Å². The molecule has 6 heteroatoms. The number of carboxylic acid groups (broad SMARTS) is 2. The van der Waals surface area contributed by atoms with E-state index in [2.05, 4.69) is 0 Å². The summed E-state index contributed by atoms with van der Waals surface area (Å²) in [4.78, 5) is 22.4. The summed E-state index contributed by atoms with van der Waals surface area (Å²) in [6.45, 7) is 3.84. The van der Waals surface area contributed by atoms with Crippen molar-refractivity contribution in [2.24, 2.45) is 5.41 Å². The summed E-state index contributed by atoms with van der Waals surface area (Å²) in [6.07, 6.45) is 1.76. The summed E-state index contributed by atoms with van der Waals surface area (Å²) in [5.74, 6) is -1.76. The zero-order valence-corrected chi connectivity index (χ0v) is 11.9. The largest absolute Gasteiger partial charge is 0.481 e. The molecular formula is C14H22O6. The Morgan fingerprint density at radius 1 is 1.05 bits per heavy atom. The van der Waals surface area contributed by atoms with Crippen LogP contribution >= 0.6 is 0 Å². The fourth-order valence-electron chi connectivity index (χ4n) is 2.81. The number of ether oxygens (including phenoxy) is 2. The van der Waals surface area contributed by atoms with Crippen LogP contribution in [0.25, 0.3) is 0 Å². The van der Waals surface area contributed by atoms with Crippen molar-refractivity contribution in [3.05, 3.63) is 0 Å². The molecule has 0 amide bonds. The Morgan fingerprint density at radius 2 is 1.50 bits per heavy atom. The molecule has 2 heterocycles. The van der Waals surface area contributed by atoms with Gasteiger partial charge in [-0.15, -0.1) is 0 Å². The van der Waals surface area contributed by atoms with Crippen molar-refractivity contribution in [2.75, 3.05) is 0 Å². The van der Waals surface area contributed by atoms with E-state index in [1.807, 2.05) is 13.8 Å². The second-order valence-electron chi connectivity index (χ2n) is 6.00. The van der Waals surface area contributed by atoms with E-state index in [9.17, 15) is 14.7 Å². The monoisotopic (exact) mass is 286 g/mol. The first-order chi connectivity index (χ1) is 9.34. The van der Waals surface area contributed by atoms with Gasteiger partial charge in [0.25, 0.3) is 0 Å². The minimum absolute atomic E-state index is 0.00279. The number of carbonyl (C=O) groups is 2. The summed E-state index contributed by atoms with van der Waals surface area (Å²) in [6, 6.07) is 0. The maximum atomic E-state index is 11.8. The Labute approximate surface area is 118 Å². The average Bonchev–Trinajstić information content (AvgIpc) is 3.20. The molecule has 6 nitrogen and oxygen atoms in total. The van der Waals surface area contributed by atoms with E-state index in [0.29, 0.717) is 25.7 Å². The van der Waals surface area contributed by atoms with Gasteiger partial charge < -0.3 is 19.7 Å². The topological polar surface area (TPSA) is 99.7 Å². The van der Waals surface area contributed by atoms with Gasteiger partial charge >= 0.3 is 11.9 Å². The zero-order chi connectivity index (χ0) is 14.9. The molecule has 2 rings (SSSR count). The lowest BCUT2D eigenvalue weighted by Gasteiger charge is -2.28. The Kier molecular flexibility index (Phi) is 4.34. The van der Waals surface area contributed by atoms with Crippen LogP contribution in [0.2, 0.25) is 0 Å². The molecule has 4 atom stereocenters. The molecule has 0 aromatic rings. The Balaban J connectivity index is 2.01. The van der Waals surface area contributed by atoms with Crippen LogP contribution < -0.4 is 0 Å². The first-order valence-corrected chi connectivity index (χ1v) is 7.10. The van der Waals surface area contributed by atoms with Gasteiger partial charge in [-0.05, 0) is 39.5 Å². The molecule has 20 heavy (non-hydrogen) atoms. The molecule has 4 unspecified atom stereocenters. The van der Waals surface area contributed by atoms with Crippen molar-refractivity contribution in [3.8, 4) is 0 Å². The van der Waals surface area contributed by atoms with Crippen molar-refractivity contribution in [3.63, 3.8) is 0 Å². The molecule has 0 saturated carbocycles. The van der Waals surface area contributed by atoms with Crippen LogP contribution in [0.5, 0.6) is 0 Å². The molecule has 0 aromatic carbocycles. The van der Waals surface area contributed by atoms with Gasteiger partial charge in [0.15, 0.2) is 0 Å². The van der Waals surface area contributed by atoms with Gasteiger partial charge in [0, 0.05) is 6.42 Å². The molecule has 2 fully saturated rings. The third-order valence-electron chi connectivity index (χ3n) is 4.36. The van der Waals surface area contributed by atoms with Crippen LogP contribution in [-0.4, -0.2) is 46.6 Å². The second kappa shape index (κ2) is 5.69. The van der Waals surface area contributed by atoms with E-state index >= 15 is 0 Å². The van der Waals surface area contributed by atoms with Gasteiger partial charge in [-0.25, -0.2) is 0 Å². The summed E-state index contributed by atoms with van der Waals surface area (Å²) in [7, 11) is 0. The lowest BCUT2D eigenvalue weighted by molar-refractivity contribution is -0.152. The molecule has 2 aliphatic rings. The van der Waals surface area contributed by atoms with Crippen molar-refractivity contribution in [1.29, 1.82) is 0 Å².